The van der Waals surface area contributed by atoms with Crippen LogP contribution in [0.15, 0.2) is 60.7 Å². The van der Waals surface area contributed by atoms with Gasteiger partial charge in [0, 0.05) is 24.1 Å². The van der Waals surface area contributed by atoms with Gasteiger partial charge in [0.25, 0.3) is 5.91 Å². The number of hydrogen-bond donors (Lipinski definition) is 0. The summed E-state index contributed by atoms with van der Waals surface area (Å²) >= 11 is 0. The fraction of sp³-hybridized carbons (Fsp3) is 0.364. The number of benzene rings is 2. The average molecular weight is 353 g/mol. The zero-order valence-corrected chi connectivity index (χ0v) is 15.9. The first kappa shape index (κ1) is 19.7. The molecule has 0 heterocycles. The standard InChI is InChI=1S/C22H27NO3/c1-16(2)23(21(24)19-11-7-5-8-12-19)17(3)15-18(4)26-22(25)20-13-9-6-10-14-20/h5-14,16-18H,15H2,1-4H3. The second-order valence-corrected chi connectivity index (χ2v) is 6.84. The second-order valence-electron chi connectivity index (χ2n) is 6.84. The molecule has 0 saturated heterocycles. The zero-order valence-electron chi connectivity index (χ0n) is 15.9. The molecule has 2 aromatic carbocycles. The molecule has 1 amide bonds. The highest BCUT2D eigenvalue weighted by Crippen LogP contribution is 2.17. The largest absolute Gasteiger partial charge is 0.459 e. The molecule has 0 spiro atoms. The van der Waals surface area contributed by atoms with Crippen molar-refractivity contribution in [3.63, 3.8) is 0 Å². The van der Waals surface area contributed by atoms with Gasteiger partial charge < -0.3 is 9.64 Å². The monoisotopic (exact) mass is 353 g/mol. The number of esters is 1. The highest BCUT2D eigenvalue weighted by Gasteiger charge is 2.26. The van der Waals surface area contributed by atoms with E-state index in [0.717, 1.165) is 0 Å². The number of carbonyl (C=O) groups is 2. The first-order chi connectivity index (χ1) is 12.4. The molecule has 2 aromatic rings. The maximum Gasteiger partial charge on any atom is 0.338 e. The van der Waals surface area contributed by atoms with Crippen LogP contribution in [0.2, 0.25) is 0 Å². The predicted octanol–water partition coefficient (Wildman–Crippen LogP) is 4.56. The number of hydrogen-bond acceptors (Lipinski definition) is 3. The highest BCUT2D eigenvalue weighted by molar-refractivity contribution is 5.94. The topological polar surface area (TPSA) is 46.6 Å². The molecule has 2 atom stereocenters. The van der Waals surface area contributed by atoms with Crippen molar-refractivity contribution in [1.29, 1.82) is 0 Å². The summed E-state index contributed by atoms with van der Waals surface area (Å²) in [7, 11) is 0. The van der Waals surface area contributed by atoms with Crippen molar-refractivity contribution in [2.24, 2.45) is 0 Å². The van der Waals surface area contributed by atoms with Crippen molar-refractivity contribution in [3.8, 4) is 0 Å². The van der Waals surface area contributed by atoms with Crippen LogP contribution in [0.25, 0.3) is 0 Å². The van der Waals surface area contributed by atoms with Gasteiger partial charge in [0.15, 0.2) is 0 Å². The van der Waals surface area contributed by atoms with E-state index in [1.165, 1.54) is 0 Å². The number of ether oxygens (including phenoxy) is 1. The fourth-order valence-electron chi connectivity index (χ4n) is 3.14. The molecular formula is C22H27NO3. The Morgan fingerprint density at radius 2 is 1.35 bits per heavy atom. The molecular weight excluding hydrogens is 326 g/mol. The van der Waals surface area contributed by atoms with Gasteiger partial charge >= 0.3 is 5.97 Å². The van der Waals surface area contributed by atoms with Gasteiger partial charge in [-0.25, -0.2) is 4.79 Å². The third-order valence-electron chi connectivity index (χ3n) is 4.28. The maximum atomic E-state index is 12.9. The number of nitrogens with zero attached hydrogens (tertiary/aromatic N) is 1. The van der Waals surface area contributed by atoms with Crippen LogP contribution < -0.4 is 0 Å². The maximum absolute atomic E-state index is 12.9. The molecule has 2 rings (SSSR count). The van der Waals surface area contributed by atoms with Crippen molar-refractivity contribution in [1.82, 2.24) is 4.90 Å². The number of carbonyl (C=O) groups excluding carboxylic acids is 2. The summed E-state index contributed by atoms with van der Waals surface area (Å²) in [5.41, 5.74) is 1.20. The van der Waals surface area contributed by atoms with Crippen molar-refractivity contribution in [3.05, 3.63) is 71.8 Å². The molecule has 0 radical (unpaired) electrons. The van der Waals surface area contributed by atoms with Crippen molar-refractivity contribution < 1.29 is 14.3 Å². The van der Waals surface area contributed by atoms with Crippen LogP contribution in [0, 0.1) is 0 Å². The van der Waals surface area contributed by atoms with Gasteiger partial charge in [-0.1, -0.05) is 36.4 Å². The zero-order chi connectivity index (χ0) is 19.1. The smallest absolute Gasteiger partial charge is 0.338 e. The molecule has 138 valence electrons. The van der Waals surface area contributed by atoms with E-state index in [4.69, 9.17) is 4.74 Å². The van der Waals surface area contributed by atoms with E-state index in [1.807, 2.05) is 81.1 Å². The van der Waals surface area contributed by atoms with E-state index in [2.05, 4.69) is 0 Å². The Morgan fingerprint density at radius 3 is 1.85 bits per heavy atom. The van der Waals surface area contributed by atoms with Crippen LogP contribution in [0.5, 0.6) is 0 Å². The number of rotatable bonds is 7. The summed E-state index contributed by atoms with van der Waals surface area (Å²) in [4.78, 5) is 26.9. The molecule has 0 aromatic heterocycles. The minimum atomic E-state index is -0.337. The second kappa shape index (κ2) is 9.18. The van der Waals surface area contributed by atoms with Crippen molar-refractivity contribution >= 4 is 11.9 Å². The van der Waals surface area contributed by atoms with Crippen LogP contribution in [0.4, 0.5) is 0 Å². The quantitative estimate of drug-likeness (QED) is 0.686. The SMILES string of the molecule is CC(CC(C)N(C(=O)c1ccccc1)C(C)C)OC(=O)c1ccccc1. The Kier molecular flexibility index (Phi) is 6.96. The minimum Gasteiger partial charge on any atom is -0.459 e. The lowest BCUT2D eigenvalue weighted by atomic mass is 10.1. The Bertz CT molecular complexity index is 713. The van der Waals surface area contributed by atoms with E-state index >= 15 is 0 Å². The lowest BCUT2D eigenvalue weighted by molar-refractivity contribution is 0.0235. The Morgan fingerprint density at radius 1 is 0.846 bits per heavy atom. The van der Waals surface area contributed by atoms with E-state index in [-0.39, 0.29) is 30.1 Å². The van der Waals surface area contributed by atoms with Crippen LogP contribution in [0.1, 0.15) is 54.8 Å². The highest BCUT2D eigenvalue weighted by atomic mass is 16.5. The summed E-state index contributed by atoms with van der Waals surface area (Å²) < 4.78 is 5.55. The average Bonchev–Trinajstić information content (AvgIpc) is 2.62. The van der Waals surface area contributed by atoms with Gasteiger partial charge in [-0.2, -0.15) is 0 Å². The molecule has 0 fully saturated rings. The molecule has 26 heavy (non-hydrogen) atoms. The Hall–Kier alpha value is -2.62. The third kappa shape index (κ3) is 5.19. The minimum absolute atomic E-state index is 0.00492. The van der Waals surface area contributed by atoms with Gasteiger partial charge in [-0.3, -0.25) is 4.79 Å². The molecule has 4 heteroatoms. The molecule has 0 aliphatic rings. The summed E-state index contributed by atoms with van der Waals surface area (Å²) in [6.07, 6.45) is 0.289. The Labute approximate surface area is 155 Å². The molecule has 0 bridgehead atoms. The molecule has 0 aliphatic carbocycles. The van der Waals surface area contributed by atoms with Crippen LogP contribution >= 0.6 is 0 Å². The lowest BCUT2D eigenvalue weighted by Gasteiger charge is -2.34. The van der Waals surface area contributed by atoms with Gasteiger partial charge in [0.05, 0.1) is 5.56 Å². The normalized spacial score (nSPS) is 13.1. The molecule has 4 nitrogen and oxygen atoms in total. The molecule has 0 aliphatic heterocycles. The Balaban J connectivity index is 2.01. The van der Waals surface area contributed by atoms with E-state index < -0.39 is 0 Å². The van der Waals surface area contributed by atoms with Gasteiger partial charge in [0.2, 0.25) is 0 Å². The van der Waals surface area contributed by atoms with E-state index in [9.17, 15) is 9.59 Å². The van der Waals surface area contributed by atoms with Crippen molar-refractivity contribution in [2.45, 2.75) is 52.3 Å². The first-order valence-electron chi connectivity index (χ1n) is 9.04. The number of amides is 1. The van der Waals surface area contributed by atoms with Gasteiger partial charge in [-0.05, 0) is 52.0 Å². The predicted molar refractivity (Wildman–Crippen MR) is 103 cm³/mol. The summed E-state index contributed by atoms with van der Waals surface area (Å²) in [6.45, 7) is 7.85. The summed E-state index contributed by atoms with van der Waals surface area (Å²) in [5.74, 6) is -0.342. The fourth-order valence-corrected chi connectivity index (χ4v) is 3.14. The van der Waals surface area contributed by atoms with Gasteiger partial charge in [-0.15, -0.1) is 0 Å². The lowest BCUT2D eigenvalue weighted by Crippen LogP contribution is -2.45. The van der Waals surface area contributed by atoms with Crippen LogP contribution in [-0.2, 0) is 4.74 Å². The molecule has 0 N–H and O–H groups in total. The van der Waals surface area contributed by atoms with Crippen LogP contribution in [0.3, 0.4) is 0 Å². The van der Waals surface area contributed by atoms with Gasteiger partial charge in [0.1, 0.15) is 6.10 Å². The van der Waals surface area contributed by atoms with Crippen molar-refractivity contribution in [2.75, 3.05) is 0 Å². The third-order valence-corrected chi connectivity index (χ3v) is 4.28. The van der Waals surface area contributed by atoms with E-state index in [0.29, 0.717) is 17.5 Å². The summed E-state index contributed by atoms with van der Waals surface area (Å²) in [5, 5.41) is 0. The first-order valence-corrected chi connectivity index (χ1v) is 9.04. The molecule has 2 unspecified atom stereocenters. The summed E-state index contributed by atoms with van der Waals surface area (Å²) in [6, 6.07) is 18.2. The van der Waals surface area contributed by atoms with E-state index in [1.54, 1.807) is 12.1 Å². The molecule has 0 saturated carbocycles. The van der Waals surface area contributed by atoms with Crippen LogP contribution in [-0.4, -0.2) is 35.0 Å².